The van der Waals surface area contributed by atoms with Crippen LogP contribution in [0.15, 0.2) is 30.5 Å². The highest BCUT2D eigenvalue weighted by molar-refractivity contribution is 6.38. The average molecular weight is 263 g/mol. The van der Waals surface area contributed by atoms with Crippen LogP contribution in [0.2, 0.25) is 5.02 Å². The Kier molecular flexibility index (Phi) is 4.15. The number of amides is 1. The second-order valence-corrected chi connectivity index (χ2v) is 4.53. The number of unbranched alkanes of at least 4 members (excludes halogenated alkanes) is 1. The molecule has 1 aromatic heterocycles. The van der Waals surface area contributed by atoms with Crippen LogP contribution in [0, 0.1) is 0 Å². The Morgan fingerprint density at radius 1 is 1.39 bits per heavy atom. The first-order valence-corrected chi connectivity index (χ1v) is 6.43. The predicted molar refractivity (Wildman–Crippen MR) is 74.9 cm³/mol. The van der Waals surface area contributed by atoms with E-state index in [1.165, 1.54) is 0 Å². The van der Waals surface area contributed by atoms with Crippen molar-refractivity contribution in [1.82, 2.24) is 4.98 Å². The van der Waals surface area contributed by atoms with Gasteiger partial charge in [-0.25, -0.2) is 0 Å². The Bertz CT molecular complexity index is 569. The summed E-state index contributed by atoms with van der Waals surface area (Å²) < 4.78 is 0. The monoisotopic (exact) mass is 262 g/mol. The van der Waals surface area contributed by atoms with E-state index in [2.05, 4.69) is 17.2 Å². The molecule has 0 radical (unpaired) electrons. The van der Waals surface area contributed by atoms with Gasteiger partial charge in [0.2, 0.25) is 5.91 Å². The summed E-state index contributed by atoms with van der Waals surface area (Å²) in [6.07, 6.45) is 4.00. The first-order valence-electron chi connectivity index (χ1n) is 6.05. The Morgan fingerprint density at radius 3 is 2.94 bits per heavy atom. The van der Waals surface area contributed by atoms with Gasteiger partial charge in [0.1, 0.15) is 0 Å². The van der Waals surface area contributed by atoms with E-state index in [-0.39, 0.29) is 5.91 Å². The fourth-order valence-electron chi connectivity index (χ4n) is 1.74. The minimum atomic E-state index is -0.0177. The molecule has 94 valence electrons. The fourth-order valence-corrected chi connectivity index (χ4v) is 2.00. The number of hydrogen-bond acceptors (Lipinski definition) is 2. The van der Waals surface area contributed by atoms with Gasteiger partial charge >= 0.3 is 0 Å². The van der Waals surface area contributed by atoms with E-state index in [4.69, 9.17) is 11.6 Å². The van der Waals surface area contributed by atoms with Crippen LogP contribution in [0.5, 0.6) is 0 Å². The number of nitrogens with zero attached hydrogens (tertiary/aromatic N) is 1. The van der Waals surface area contributed by atoms with Crippen LogP contribution in [-0.4, -0.2) is 10.9 Å². The third kappa shape index (κ3) is 2.79. The molecule has 0 unspecified atom stereocenters. The molecule has 1 amide bonds. The predicted octanol–water partition coefficient (Wildman–Crippen LogP) is 4.02. The summed E-state index contributed by atoms with van der Waals surface area (Å²) in [5.74, 6) is -0.0177. The SMILES string of the molecule is CCCCC(=O)Nc1cnc2ccccc2c1Cl. The van der Waals surface area contributed by atoms with Crippen molar-refractivity contribution in [2.24, 2.45) is 0 Å². The van der Waals surface area contributed by atoms with Crippen LogP contribution in [0.4, 0.5) is 5.69 Å². The molecule has 1 aromatic carbocycles. The van der Waals surface area contributed by atoms with E-state index in [9.17, 15) is 4.79 Å². The summed E-state index contributed by atoms with van der Waals surface area (Å²) in [6.45, 7) is 2.05. The number of aromatic nitrogens is 1. The number of halogens is 1. The number of nitrogens with one attached hydrogen (secondary N) is 1. The highest BCUT2D eigenvalue weighted by Crippen LogP contribution is 2.29. The second kappa shape index (κ2) is 5.83. The lowest BCUT2D eigenvalue weighted by Crippen LogP contribution is -2.11. The van der Waals surface area contributed by atoms with Gasteiger partial charge in [-0.1, -0.05) is 43.1 Å². The van der Waals surface area contributed by atoms with Gasteiger partial charge in [0.05, 0.1) is 22.4 Å². The van der Waals surface area contributed by atoms with E-state index < -0.39 is 0 Å². The largest absolute Gasteiger partial charge is 0.323 e. The maximum Gasteiger partial charge on any atom is 0.224 e. The first-order chi connectivity index (χ1) is 8.72. The summed E-state index contributed by atoms with van der Waals surface area (Å²) in [7, 11) is 0. The van der Waals surface area contributed by atoms with Crippen molar-refractivity contribution in [1.29, 1.82) is 0 Å². The van der Waals surface area contributed by atoms with Crippen molar-refractivity contribution >= 4 is 34.1 Å². The summed E-state index contributed by atoms with van der Waals surface area (Å²) in [4.78, 5) is 15.9. The van der Waals surface area contributed by atoms with Crippen molar-refractivity contribution in [2.75, 3.05) is 5.32 Å². The summed E-state index contributed by atoms with van der Waals surface area (Å²) in [5, 5.41) is 4.20. The molecule has 0 atom stereocenters. The Hall–Kier alpha value is -1.61. The minimum Gasteiger partial charge on any atom is -0.323 e. The molecule has 0 saturated carbocycles. The van der Waals surface area contributed by atoms with Crippen molar-refractivity contribution in [3.05, 3.63) is 35.5 Å². The zero-order chi connectivity index (χ0) is 13.0. The van der Waals surface area contributed by atoms with Crippen LogP contribution in [0.3, 0.4) is 0 Å². The van der Waals surface area contributed by atoms with Gasteiger partial charge < -0.3 is 5.32 Å². The van der Waals surface area contributed by atoms with Crippen molar-refractivity contribution in [2.45, 2.75) is 26.2 Å². The van der Waals surface area contributed by atoms with E-state index in [1.807, 2.05) is 24.3 Å². The molecule has 2 rings (SSSR count). The molecule has 1 heterocycles. The zero-order valence-corrected chi connectivity index (χ0v) is 11.0. The van der Waals surface area contributed by atoms with Gasteiger partial charge in [-0.05, 0) is 12.5 Å². The highest BCUT2D eigenvalue weighted by Gasteiger charge is 2.09. The number of benzene rings is 1. The van der Waals surface area contributed by atoms with Crippen LogP contribution < -0.4 is 5.32 Å². The smallest absolute Gasteiger partial charge is 0.224 e. The molecule has 4 heteroatoms. The maximum atomic E-state index is 11.7. The molecular weight excluding hydrogens is 248 g/mol. The fraction of sp³-hybridized carbons (Fsp3) is 0.286. The second-order valence-electron chi connectivity index (χ2n) is 4.15. The van der Waals surface area contributed by atoms with Gasteiger partial charge in [-0.3, -0.25) is 9.78 Å². The van der Waals surface area contributed by atoms with Gasteiger partial charge in [-0.15, -0.1) is 0 Å². The number of carbonyl (C=O) groups is 1. The third-order valence-corrected chi connectivity index (χ3v) is 3.15. The molecule has 3 nitrogen and oxygen atoms in total. The molecule has 0 aliphatic rings. The molecule has 0 fully saturated rings. The molecule has 0 aliphatic heterocycles. The topological polar surface area (TPSA) is 42.0 Å². The number of para-hydroxylation sites is 1. The maximum absolute atomic E-state index is 11.7. The Morgan fingerprint density at radius 2 is 2.17 bits per heavy atom. The standard InChI is InChI=1S/C14H15ClN2O/c1-2-3-8-13(18)17-12-9-16-11-7-5-4-6-10(11)14(12)15/h4-7,9H,2-3,8H2,1H3,(H,17,18). The average Bonchev–Trinajstić information content (AvgIpc) is 2.40. The number of carbonyl (C=O) groups excluding carboxylic acids is 1. The van der Waals surface area contributed by atoms with Crippen LogP contribution in [-0.2, 0) is 4.79 Å². The Balaban J connectivity index is 2.24. The van der Waals surface area contributed by atoms with Gasteiger partial charge in [-0.2, -0.15) is 0 Å². The number of fused-ring (bicyclic) bond motifs is 1. The molecule has 0 aliphatic carbocycles. The van der Waals surface area contributed by atoms with Crippen LogP contribution >= 0.6 is 11.6 Å². The molecule has 0 saturated heterocycles. The summed E-state index contributed by atoms with van der Waals surface area (Å²) in [6, 6.07) is 7.60. The summed E-state index contributed by atoms with van der Waals surface area (Å²) >= 11 is 6.26. The highest BCUT2D eigenvalue weighted by atomic mass is 35.5. The molecule has 1 N–H and O–H groups in total. The van der Waals surface area contributed by atoms with Crippen LogP contribution in [0.25, 0.3) is 10.9 Å². The Labute approximate surface area is 111 Å². The van der Waals surface area contributed by atoms with Crippen LogP contribution in [0.1, 0.15) is 26.2 Å². The van der Waals surface area contributed by atoms with E-state index in [0.717, 1.165) is 23.7 Å². The zero-order valence-electron chi connectivity index (χ0n) is 10.2. The lowest BCUT2D eigenvalue weighted by atomic mass is 10.2. The lowest BCUT2D eigenvalue weighted by molar-refractivity contribution is -0.116. The first kappa shape index (κ1) is 12.8. The van der Waals surface area contributed by atoms with E-state index in [0.29, 0.717) is 17.1 Å². The third-order valence-electron chi connectivity index (χ3n) is 2.74. The number of hydrogen-bond donors (Lipinski definition) is 1. The quantitative estimate of drug-likeness (QED) is 0.904. The molecule has 0 bridgehead atoms. The van der Waals surface area contributed by atoms with Crippen molar-refractivity contribution in [3.63, 3.8) is 0 Å². The van der Waals surface area contributed by atoms with Gasteiger partial charge in [0.25, 0.3) is 0 Å². The molecular formula is C14H15ClN2O. The van der Waals surface area contributed by atoms with Crippen molar-refractivity contribution < 1.29 is 4.79 Å². The number of anilines is 1. The molecule has 2 aromatic rings. The van der Waals surface area contributed by atoms with E-state index in [1.54, 1.807) is 6.20 Å². The molecule has 18 heavy (non-hydrogen) atoms. The van der Waals surface area contributed by atoms with Gasteiger partial charge in [0, 0.05) is 11.8 Å². The molecule has 0 spiro atoms. The van der Waals surface area contributed by atoms with E-state index >= 15 is 0 Å². The van der Waals surface area contributed by atoms with Crippen molar-refractivity contribution in [3.8, 4) is 0 Å². The lowest BCUT2D eigenvalue weighted by Gasteiger charge is -2.08. The summed E-state index contributed by atoms with van der Waals surface area (Å²) in [5.41, 5.74) is 1.41. The normalized spacial score (nSPS) is 10.6. The van der Waals surface area contributed by atoms with Gasteiger partial charge in [0.15, 0.2) is 0 Å². The minimum absolute atomic E-state index is 0.0177. The number of rotatable bonds is 4. The number of pyridine rings is 1.